The number of ether oxygens (including phenoxy) is 2. The fourth-order valence-electron chi connectivity index (χ4n) is 1.02. The summed E-state index contributed by atoms with van der Waals surface area (Å²) in [6.45, 7) is 1.60. The van der Waals surface area contributed by atoms with E-state index < -0.39 is 0 Å². The molecule has 22 heavy (non-hydrogen) atoms. The van der Waals surface area contributed by atoms with E-state index in [1.165, 1.54) is 7.11 Å². The number of carbonyl (C=O) groups is 2. The van der Waals surface area contributed by atoms with E-state index in [9.17, 15) is 9.59 Å². The lowest BCUT2D eigenvalue weighted by Crippen LogP contribution is -2.06. The van der Waals surface area contributed by atoms with E-state index in [-0.39, 0.29) is 78.0 Å². The second-order valence-electron chi connectivity index (χ2n) is 3.19. The first kappa shape index (κ1) is 58.2. The van der Waals surface area contributed by atoms with Crippen LogP contribution in [0.1, 0.15) is 98.4 Å². The molecule has 4 heteroatoms. The van der Waals surface area contributed by atoms with E-state index in [1.54, 1.807) is 6.92 Å². The van der Waals surface area contributed by atoms with Crippen molar-refractivity contribution in [3.05, 3.63) is 0 Å². The van der Waals surface area contributed by atoms with Crippen molar-refractivity contribution in [1.29, 1.82) is 0 Å². The zero-order chi connectivity index (χ0) is 10.8. The summed E-state index contributed by atoms with van der Waals surface area (Å²) in [6.07, 6.45) is 3.53. The number of unbranched alkanes of at least 4 members (excludes halogenated alkanes) is 2. The Kier molecular flexibility index (Phi) is 113. The summed E-state index contributed by atoms with van der Waals surface area (Å²) < 4.78 is 9.27. The molecule has 0 atom stereocenters. The third-order valence-electron chi connectivity index (χ3n) is 1.75. The van der Waals surface area contributed by atoms with Gasteiger partial charge in [0.2, 0.25) is 0 Å². The van der Waals surface area contributed by atoms with Crippen molar-refractivity contribution in [2.75, 3.05) is 13.9 Å². The summed E-state index contributed by atoms with van der Waals surface area (Å²) >= 11 is 0. The molecule has 0 aliphatic heterocycles. The maximum atomic E-state index is 10.9. The average Bonchev–Trinajstić information content (AvgIpc) is 2.13. The highest BCUT2D eigenvalue weighted by Crippen LogP contribution is 2.04. The van der Waals surface area contributed by atoms with Crippen molar-refractivity contribution in [3.63, 3.8) is 0 Å². The van der Waals surface area contributed by atoms with E-state index in [2.05, 4.69) is 4.74 Å². The van der Waals surface area contributed by atoms with Crippen molar-refractivity contribution >= 4 is 11.8 Å². The van der Waals surface area contributed by atoms with Gasteiger partial charge in [0.05, 0.1) is 0 Å². The van der Waals surface area contributed by atoms with Gasteiger partial charge in [-0.25, -0.2) is 0 Å². The lowest BCUT2D eigenvalue weighted by atomic mass is 10.1. The Morgan fingerprint density at radius 2 is 1.14 bits per heavy atom. The van der Waals surface area contributed by atoms with Gasteiger partial charge in [-0.05, 0) is 19.8 Å². The number of esters is 1. The van der Waals surface area contributed by atoms with Gasteiger partial charge < -0.3 is 14.3 Å². The molecule has 0 aromatic carbocycles. The van der Waals surface area contributed by atoms with Crippen LogP contribution in [0.4, 0.5) is 0 Å². The van der Waals surface area contributed by atoms with Crippen molar-refractivity contribution < 1.29 is 19.1 Å². The summed E-state index contributed by atoms with van der Waals surface area (Å²) in [5.74, 6) is -0.0402. The van der Waals surface area contributed by atoms with Gasteiger partial charge in [0, 0.05) is 20.0 Å². The van der Waals surface area contributed by atoms with Gasteiger partial charge in [-0.3, -0.25) is 4.79 Å². The summed E-state index contributed by atoms with van der Waals surface area (Å²) in [4.78, 5) is 21.5. The Morgan fingerprint density at radius 1 is 0.727 bits per heavy atom. The summed E-state index contributed by atoms with van der Waals surface area (Å²) in [7, 11) is 1.47. The third kappa shape index (κ3) is 50.8. The first-order chi connectivity index (χ1) is 6.66. The van der Waals surface area contributed by atoms with Gasteiger partial charge >= 0.3 is 5.97 Å². The second-order valence-corrected chi connectivity index (χ2v) is 3.19. The van der Waals surface area contributed by atoms with E-state index in [1.807, 2.05) is 0 Å². The Bertz CT molecular complexity index is 180. The minimum Gasteiger partial charge on any atom is -0.438 e. The van der Waals surface area contributed by atoms with Crippen molar-refractivity contribution in [1.82, 2.24) is 0 Å². The molecule has 0 rings (SSSR count). The molecule has 0 bridgehead atoms. The van der Waals surface area contributed by atoms with Gasteiger partial charge in [0.25, 0.3) is 0 Å². The predicted molar refractivity (Wildman–Crippen MR) is 106 cm³/mol. The van der Waals surface area contributed by atoms with Crippen molar-refractivity contribution in [2.45, 2.75) is 98.4 Å². The van der Waals surface area contributed by atoms with Crippen LogP contribution in [-0.4, -0.2) is 25.7 Å². The monoisotopic (exact) mass is 330 g/mol. The van der Waals surface area contributed by atoms with Gasteiger partial charge in [-0.1, -0.05) is 65.8 Å². The van der Waals surface area contributed by atoms with Crippen LogP contribution in [0.2, 0.25) is 0 Å². The maximum absolute atomic E-state index is 10.9. The number of ketones is 1. The number of hydrogen-bond donors (Lipinski definition) is 0. The van der Waals surface area contributed by atoms with Crippen LogP contribution in [0.3, 0.4) is 0 Å². The van der Waals surface area contributed by atoms with Crippen LogP contribution in [0.5, 0.6) is 0 Å². The SMILES string of the molecule is C.C.C.C.C.C.C.C.COCOC(=O)CCCCCC(C)=O. The van der Waals surface area contributed by atoms with Crippen LogP contribution < -0.4 is 0 Å². The Labute approximate surface area is 144 Å². The Morgan fingerprint density at radius 3 is 1.50 bits per heavy atom. The van der Waals surface area contributed by atoms with Crippen molar-refractivity contribution in [3.8, 4) is 0 Å². The Hall–Kier alpha value is -0.900. The van der Waals surface area contributed by atoms with Crippen molar-refractivity contribution in [2.24, 2.45) is 0 Å². The highest BCUT2D eigenvalue weighted by Gasteiger charge is 2.01. The molecular weight excluding hydrogens is 280 g/mol. The normalized spacial score (nSPS) is 6.27. The largest absolute Gasteiger partial charge is 0.438 e. The number of Topliss-reactive ketones (excluding diaryl/α,β-unsaturated/α-hetero) is 1. The molecule has 0 unspecified atom stereocenters. The lowest BCUT2D eigenvalue weighted by Gasteiger charge is -2.02. The first-order valence-electron chi connectivity index (χ1n) is 4.81. The minimum atomic E-state index is -0.241. The van der Waals surface area contributed by atoms with Crippen LogP contribution >= 0.6 is 0 Å². The van der Waals surface area contributed by atoms with E-state index >= 15 is 0 Å². The predicted octanol–water partition coefficient (Wildman–Crippen LogP) is 6.76. The maximum Gasteiger partial charge on any atom is 0.307 e. The molecule has 0 aromatic rings. The number of methoxy groups -OCH3 is 1. The fourth-order valence-corrected chi connectivity index (χ4v) is 1.02. The molecule has 0 aromatic heterocycles. The molecule has 0 spiro atoms. The highest BCUT2D eigenvalue weighted by atomic mass is 16.7. The molecule has 4 nitrogen and oxygen atoms in total. The fraction of sp³-hybridized carbons (Fsp3) is 0.889. The summed E-state index contributed by atoms with van der Waals surface area (Å²) in [6, 6.07) is 0. The minimum absolute atomic E-state index is 0. The highest BCUT2D eigenvalue weighted by molar-refractivity contribution is 5.75. The zero-order valence-corrected chi connectivity index (χ0v) is 8.88. The van der Waals surface area contributed by atoms with Crippen LogP contribution in [0, 0.1) is 0 Å². The average molecular weight is 331 g/mol. The van der Waals surface area contributed by atoms with E-state index in [4.69, 9.17) is 4.74 Å². The van der Waals surface area contributed by atoms with Crippen LogP contribution in [0.25, 0.3) is 0 Å². The molecular formula is C18H50O4. The van der Waals surface area contributed by atoms with E-state index in [0.29, 0.717) is 12.8 Å². The first-order valence-corrected chi connectivity index (χ1v) is 4.81. The molecule has 0 aliphatic rings. The number of hydrogen-bond acceptors (Lipinski definition) is 4. The standard InChI is InChI=1S/C10H18O4.8CH4/c1-9(11)6-4-3-5-7-10(12)14-8-13-2;;;;;;;;/h3-8H2,1-2H3;8*1H4. The molecule has 0 heterocycles. The molecule has 0 aliphatic carbocycles. The van der Waals surface area contributed by atoms with Gasteiger partial charge in [0.15, 0.2) is 6.79 Å². The summed E-state index contributed by atoms with van der Waals surface area (Å²) in [5, 5.41) is 0. The molecule has 0 saturated heterocycles. The molecule has 146 valence electrons. The zero-order valence-electron chi connectivity index (χ0n) is 8.88. The smallest absolute Gasteiger partial charge is 0.307 e. The molecule has 0 amide bonds. The van der Waals surface area contributed by atoms with Crippen LogP contribution in [-0.2, 0) is 19.1 Å². The lowest BCUT2D eigenvalue weighted by molar-refractivity contribution is -0.154. The van der Waals surface area contributed by atoms with Crippen LogP contribution in [0.15, 0.2) is 0 Å². The van der Waals surface area contributed by atoms with Gasteiger partial charge in [-0.15, -0.1) is 0 Å². The molecule has 0 radical (unpaired) electrons. The van der Waals surface area contributed by atoms with Gasteiger partial charge in [-0.2, -0.15) is 0 Å². The molecule has 0 N–H and O–H groups in total. The number of rotatable bonds is 8. The third-order valence-corrected chi connectivity index (χ3v) is 1.75. The van der Waals surface area contributed by atoms with E-state index in [0.717, 1.165) is 19.3 Å². The quantitative estimate of drug-likeness (QED) is 0.280. The number of carbonyl (C=O) groups excluding carboxylic acids is 2. The topological polar surface area (TPSA) is 52.6 Å². The molecule has 0 fully saturated rings. The second kappa shape index (κ2) is 42.7. The van der Waals surface area contributed by atoms with Gasteiger partial charge in [0.1, 0.15) is 5.78 Å². The summed E-state index contributed by atoms with van der Waals surface area (Å²) in [5.41, 5.74) is 0. The Balaban J connectivity index is -0.0000000302. The molecule has 0 saturated carbocycles.